The first-order valence-electron chi connectivity index (χ1n) is 12.9. The number of guanidine groups is 1. The number of hydrogen-bond acceptors (Lipinski definition) is 8. The summed E-state index contributed by atoms with van der Waals surface area (Å²) in [5.74, 6) is -4.43. The minimum absolute atomic E-state index is 0.0218. The highest BCUT2D eigenvalue weighted by Gasteiger charge is 2.39. The van der Waals surface area contributed by atoms with Crippen LogP contribution in [-0.4, -0.2) is 68.4 Å². The molecule has 2 unspecified atom stereocenters. The van der Waals surface area contributed by atoms with E-state index in [4.69, 9.17) is 35.7 Å². The van der Waals surface area contributed by atoms with Crippen LogP contribution in [0.2, 0.25) is 0 Å². The van der Waals surface area contributed by atoms with Gasteiger partial charge in [0.2, 0.25) is 5.82 Å². The quantitative estimate of drug-likeness (QED) is 0.128. The van der Waals surface area contributed by atoms with E-state index in [2.05, 4.69) is 25.6 Å². The van der Waals surface area contributed by atoms with Gasteiger partial charge in [0, 0.05) is 5.39 Å². The van der Waals surface area contributed by atoms with Gasteiger partial charge in [0.25, 0.3) is 5.91 Å². The molecule has 3 aromatic rings. The molecule has 2 heterocycles. The number of aliphatic imine (C=N–C) groups is 1. The Labute approximate surface area is 250 Å². The maximum Gasteiger partial charge on any atom is 0.490 e. The molecular formula is C26H29F6N7O6. The number of amides is 1. The molecule has 2 aromatic heterocycles. The topological polar surface area (TPSA) is 219 Å². The average molecular weight is 650 g/mol. The number of hydrogen-bond donors (Lipinski definition) is 6. The van der Waals surface area contributed by atoms with Crippen LogP contribution in [-0.2, 0) is 16.1 Å². The van der Waals surface area contributed by atoms with Crippen LogP contribution in [0, 0.1) is 6.92 Å². The molecule has 13 nitrogen and oxygen atoms in total. The molecule has 0 radical (unpaired) electrons. The van der Waals surface area contributed by atoms with E-state index in [0.29, 0.717) is 17.1 Å². The predicted molar refractivity (Wildman–Crippen MR) is 147 cm³/mol. The van der Waals surface area contributed by atoms with E-state index in [1.165, 1.54) is 0 Å². The number of fused-ring (bicyclic) bond motifs is 1. The first kappa shape index (κ1) is 36.1. The molecule has 246 valence electrons. The van der Waals surface area contributed by atoms with Crippen LogP contribution in [0.15, 0.2) is 46.0 Å². The highest BCUT2D eigenvalue weighted by Crippen LogP contribution is 2.28. The first-order valence-corrected chi connectivity index (χ1v) is 12.9. The number of aryl methyl sites for hydroxylation is 1. The second kappa shape index (κ2) is 15.6. The number of aromatic nitrogens is 2. The van der Waals surface area contributed by atoms with Gasteiger partial charge in [-0.2, -0.15) is 26.3 Å². The molecule has 1 amide bonds. The third-order valence-electron chi connectivity index (χ3n) is 5.91. The summed E-state index contributed by atoms with van der Waals surface area (Å²) < 4.78 is 68.7. The lowest BCUT2D eigenvalue weighted by molar-refractivity contribution is -0.193. The number of anilines is 1. The molecule has 4 rings (SSSR count). The summed E-state index contributed by atoms with van der Waals surface area (Å²) in [5, 5.41) is 21.4. The lowest BCUT2D eigenvalue weighted by atomic mass is 9.90. The van der Waals surface area contributed by atoms with E-state index in [1.54, 1.807) is 18.4 Å². The van der Waals surface area contributed by atoms with E-state index >= 15 is 0 Å². The number of nitrogens with one attached hydrogen (secondary N) is 2. The number of nitrogens with zero attached hydrogens (tertiary/aromatic N) is 3. The van der Waals surface area contributed by atoms with Crippen LogP contribution in [0.3, 0.4) is 0 Å². The van der Waals surface area contributed by atoms with Crippen molar-refractivity contribution in [1.82, 2.24) is 15.3 Å². The van der Waals surface area contributed by atoms with Gasteiger partial charge in [0.05, 0.1) is 30.4 Å². The smallest absolute Gasteiger partial charge is 0.475 e. The Morgan fingerprint density at radius 2 is 1.60 bits per heavy atom. The number of rotatable bonds is 6. The van der Waals surface area contributed by atoms with E-state index < -0.39 is 24.3 Å². The number of carboxylic acid groups (broad SMARTS) is 2. The summed E-state index contributed by atoms with van der Waals surface area (Å²) in [6.45, 7) is 2.27. The number of alkyl halides is 6. The molecule has 0 saturated heterocycles. The molecule has 1 aliphatic rings. The summed E-state index contributed by atoms with van der Waals surface area (Å²) in [6, 6.07) is 9.43. The standard InChI is InChI=1S/C22H27N7O2.2C2HF3O2/c1-13-8-9-16-15(11-13)19(27-17-6-2-3-7-18(17)28-22(23)24)29-20(26-16)21(30)25-12-14-5-4-10-31-14;2*3-2(4,5)1(6)7/h4-5,8-11,17-18H,2-3,6-7,12H2,1H3,(H,25,30)(H4,23,24,28)(H,26,27,29);2*(H,6,7). The minimum Gasteiger partial charge on any atom is -0.475 e. The maximum absolute atomic E-state index is 12.7. The van der Waals surface area contributed by atoms with Gasteiger partial charge in [-0.3, -0.25) is 4.79 Å². The van der Waals surface area contributed by atoms with E-state index in [9.17, 15) is 31.1 Å². The van der Waals surface area contributed by atoms with Gasteiger partial charge in [-0.05, 0) is 44.0 Å². The highest BCUT2D eigenvalue weighted by molar-refractivity contribution is 5.96. The Kier molecular flexibility index (Phi) is 12.5. The Bertz CT molecular complexity index is 1470. The lowest BCUT2D eigenvalue weighted by Crippen LogP contribution is -2.38. The molecule has 0 spiro atoms. The van der Waals surface area contributed by atoms with E-state index in [-0.39, 0.29) is 36.3 Å². The van der Waals surface area contributed by atoms with Crippen LogP contribution in [0.25, 0.3) is 10.9 Å². The molecule has 0 bridgehead atoms. The van der Waals surface area contributed by atoms with Gasteiger partial charge in [-0.25, -0.2) is 24.5 Å². The van der Waals surface area contributed by atoms with Crippen molar-refractivity contribution >= 4 is 40.5 Å². The van der Waals surface area contributed by atoms with Crippen molar-refractivity contribution < 1.29 is 55.4 Å². The van der Waals surface area contributed by atoms with Crippen LogP contribution in [0.5, 0.6) is 0 Å². The molecule has 45 heavy (non-hydrogen) atoms. The molecule has 1 aliphatic carbocycles. The van der Waals surface area contributed by atoms with Gasteiger partial charge in [-0.15, -0.1) is 0 Å². The van der Waals surface area contributed by atoms with Crippen molar-refractivity contribution in [3.05, 3.63) is 53.7 Å². The average Bonchev–Trinajstić information content (AvgIpc) is 3.46. The van der Waals surface area contributed by atoms with Crippen LogP contribution in [0.1, 0.15) is 47.6 Å². The van der Waals surface area contributed by atoms with E-state index in [1.807, 2.05) is 25.1 Å². The monoisotopic (exact) mass is 649 g/mol. The zero-order chi connectivity index (χ0) is 33.9. The zero-order valence-corrected chi connectivity index (χ0v) is 23.4. The summed E-state index contributed by atoms with van der Waals surface area (Å²) in [4.78, 5) is 44.0. The van der Waals surface area contributed by atoms with Crippen molar-refractivity contribution in [3.63, 3.8) is 0 Å². The molecular weight excluding hydrogens is 620 g/mol. The number of aliphatic carboxylic acids is 2. The fourth-order valence-corrected chi connectivity index (χ4v) is 3.91. The van der Waals surface area contributed by atoms with Crippen molar-refractivity contribution in [3.8, 4) is 0 Å². The number of furan rings is 1. The molecule has 19 heteroatoms. The van der Waals surface area contributed by atoms with Crippen LogP contribution >= 0.6 is 0 Å². The molecule has 1 saturated carbocycles. The number of carbonyl (C=O) groups is 3. The Morgan fingerprint density at radius 1 is 1.00 bits per heavy atom. The van der Waals surface area contributed by atoms with Crippen molar-refractivity contribution in [2.24, 2.45) is 16.5 Å². The predicted octanol–water partition coefficient (Wildman–Crippen LogP) is 3.72. The number of benzene rings is 1. The molecule has 2 atom stereocenters. The zero-order valence-electron chi connectivity index (χ0n) is 23.4. The van der Waals surface area contributed by atoms with Crippen molar-refractivity contribution in [2.45, 2.75) is 63.6 Å². The van der Waals surface area contributed by atoms with Crippen molar-refractivity contribution in [1.29, 1.82) is 0 Å². The SMILES string of the molecule is Cc1ccc2nc(C(=O)NCc3ccco3)nc(NC3CCCCC3N=C(N)N)c2c1.O=C(O)C(F)(F)F.O=C(O)C(F)(F)F. The number of halogens is 6. The molecule has 8 N–H and O–H groups in total. The van der Waals surface area contributed by atoms with Gasteiger partial charge >= 0.3 is 24.3 Å². The van der Waals surface area contributed by atoms with Gasteiger partial charge < -0.3 is 36.7 Å². The third kappa shape index (κ3) is 11.8. The highest BCUT2D eigenvalue weighted by atomic mass is 19.4. The molecule has 1 fully saturated rings. The minimum atomic E-state index is -5.08. The Morgan fingerprint density at radius 3 is 2.13 bits per heavy atom. The lowest BCUT2D eigenvalue weighted by Gasteiger charge is -2.30. The number of carboxylic acids is 2. The largest absolute Gasteiger partial charge is 0.490 e. The summed E-state index contributed by atoms with van der Waals surface area (Å²) in [7, 11) is 0. The third-order valence-corrected chi connectivity index (χ3v) is 5.91. The van der Waals surface area contributed by atoms with Gasteiger partial charge in [0.1, 0.15) is 11.6 Å². The Hall–Kier alpha value is -5.10. The Balaban J connectivity index is 0.000000421. The van der Waals surface area contributed by atoms with Crippen molar-refractivity contribution in [2.75, 3.05) is 5.32 Å². The number of nitrogens with two attached hydrogens (primary N) is 2. The van der Waals surface area contributed by atoms with Crippen LogP contribution in [0.4, 0.5) is 32.2 Å². The summed E-state index contributed by atoms with van der Waals surface area (Å²) in [6.07, 6.45) is -4.64. The molecule has 0 aliphatic heterocycles. The molecule has 1 aromatic carbocycles. The maximum atomic E-state index is 12.7. The normalized spacial score (nSPS) is 16.2. The number of carbonyl (C=O) groups excluding carboxylic acids is 1. The van der Waals surface area contributed by atoms with Crippen LogP contribution < -0.4 is 22.1 Å². The summed E-state index contributed by atoms with van der Waals surface area (Å²) >= 11 is 0. The van der Waals surface area contributed by atoms with Gasteiger partial charge in [-0.1, -0.05) is 24.5 Å². The fraction of sp³-hybridized carbons (Fsp3) is 0.385. The fourth-order valence-electron chi connectivity index (χ4n) is 3.91. The summed E-state index contributed by atoms with van der Waals surface area (Å²) in [5.41, 5.74) is 13.1. The first-order chi connectivity index (χ1) is 20.9. The van der Waals surface area contributed by atoms with Gasteiger partial charge in [0.15, 0.2) is 5.96 Å². The second-order valence-electron chi connectivity index (χ2n) is 9.44. The second-order valence-corrected chi connectivity index (χ2v) is 9.44. The van der Waals surface area contributed by atoms with E-state index in [0.717, 1.165) is 36.6 Å².